The summed E-state index contributed by atoms with van der Waals surface area (Å²) in [5.74, 6) is 0.0291. The molecule has 0 radical (unpaired) electrons. The normalized spacial score (nSPS) is 11.2. The number of benzene rings is 1. The van der Waals surface area contributed by atoms with Crippen LogP contribution in [0.1, 0.15) is 16.8 Å². The second-order valence-corrected chi connectivity index (χ2v) is 7.03. The number of hydrogen-bond donors (Lipinski definition) is 1. The molecule has 1 N–H and O–H groups in total. The van der Waals surface area contributed by atoms with E-state index in [4.69, 9.17) is 0 Å². The summed E-state index contributed by atoms with van der Waals surface area (Å²) in [6.07, 6.45) is 2.79. The summed E-state index contributed by atoms with van der Waals surface area (Å²) in [7, 11) is 1.58. The molecule has 0 unspecified atom stereocenters. The highest BCUT2D eigenvalue weighted by molar-refractivity contribution is 6.00. The number of aryl methyl sites for hydroxylation is 3. The second kappa shape index (κ2) is 7.01. The summed E-state index contributed by atoms with van der Waals surface area (Å²) in [4.78, 5) is 33.1. The van der Waals surface area contributed by atoms with Crippen molar-refractivity contribution in [2.45, 2.75) is 27.3 Å². The molecule has 0 saturated heterocycles. The van der Waals surface area contributed by atoms with Crippen molar-refractivity contribution in [3.63, 3.8) is 0 Å². The minimum atomic E-state index is -0.383. The molecule has 0 aliphatic heterocycles. The number of anilines is 1. The number of aromatic nitrogens is 6. The average molecular weight is 391 g/mol. The highest BCUT2D eigenvalue weighted by Gasteiger charge is 2.19. The molecule has 29 heavy (non-hydrogen) atoms. The van der Waals surface area contributed by atoms with Gasteiger partial charge in [-0.25, -0.2) is 19.4 Å². The largest absolute Gasteiger partial charge is 0.345 e. The average Bonchev–Trinajstić information content (AvgIpc) is 3.14. The van der Waals surface area contributed by atoms with Gasteiger partial charge in [-0.1, -0.05) is 17.7 Å². The van der Waals surface area contributed by atoms with Gasteiger partial charge in [-0.3, -0.25) is 13.9 Å². The van der Waals surface area contributed by atoms with Crippen LogP contribution in [0.4, 0.5) is 5.82 Å². The maximum absolute atomic E-state index is 12.5. The highest BCUT2D eigenvalue weighted by atomic mass is 16.2. The minimum Gasteiger partial charge on any atom is -0.308 e. The number of nitrogens with zero attached hydrogens (tertiary/aromatic N) is 6. The first-order valence-electron chi connectivity index (χ1n) is 9.14. The van der Waals surface area contributed by atoms with Crippen LogP contribution < -0.4 is 11.0 Å². The number of amides is 1. The van der Waals surface area contributed by atoms with Gasteiger partial charge in [0.15, 0.2) is 5.65 Å². The van der Waals surface area contributed by atoms with E-state index in [0.717, 1.165) is 27.0 Å². The van der Waals surface area contributed by atoms with Crippen LogP contribution >= 0.6 is 0 Å². The zero-order valence-electron chi connectivity index (χ0n) is 16.7. The Balaban J connectivity index is 1.73. The van der Waals surface area contributed by atoms with Crippen molar-refractivity contribution in [1.29, 1.82) is 0 Å². The van der Waals surface area contributed by atoms with Crippen LogP contribution in [0.3, 0.4) is 0 Å². The van der Waals surface area contributed by atoms with Gasteiger partial charge in [-0.2, -0.15) is 5.10 Å². The Morgan fingerprint density at radius 1 is 1.10 bits per heavy atom. The van der Waals surface area contributed by atoms with Gasteiger partial charge in [0.25, 0.3) is 0 Å². The first-order valence-corrected chi connectivity index (χ1v) is 9.14. The van der Waals surface area contributed by atoms with E-state index in [9.17, 15) is 9.59 Å². The van der Waals surface area contributed by atoms with E-state index in [1.54, 1.807) is 7.05 Å². The summed E-state index contributed by atoms with van der Waals surface area (Å²) in [5.41, 5.74) is 4.51. The van der Waals surface area contributed by atoms with Crippen LogP contribution in [-0.2, 0) is 18.4 Å². The predicted molar refractivity (Wildman–Crippen MR) is 109 cm³/mol. The summed E-state index contributed by atoms with van der Waals surface area (Å²) in [6.45, 7) is 5.83. The molecule has 1 amide bonds. The lowest BCUT2D eigenvalue weighted by Gasteiger charge is -2.09. The maximum Gasteiger partial charge on any atom is 0.345 e. The van der Waals surface area contributed by atoms with Crippen LogP contribution in [0.15, 0.2) is 41.7 Å². The third-order valence-corrected chi connectivity index (χ3v) is 5.02. The molecule has 0 spiro atoms. The third kappa shape index (κ3) is 3.20. The van der Waals surface area contributed by atoms with Crippen LogP contribution in [-0.4, -0.2) is 34.8 Å². The monoisotopic (exact) mass is 391 g/mol. The maximum atomic E-state index is 12.5. The number of carbonyl (C=O) groups excluding carboxylic acids is 1. The van der Waals surface area contributed by atoms with Crippen LogP contribution in [0.25, 0.3) is 16.7 Å². The lowest BCUT2D eigenvalue weighted by molar-refractivity contribution is -0.117. The topological polar surface area (TPSA) is 99.6 Å². The quantitative estimate of drug-likeness (QED) is 0.573. The molecule has 0 bridgehead atoms. The molecular formula is C20H21N7O2. The van der Waals surface area contributed by atoms with Crippen molar-refractivity contribution in [2.24, 2.45) is 7.05 Å². The van der Waals surface area contributed by atoms with Crippen LogP contribution in [0.5, 0.6) is 0 Å². The van der Waals surface area contributed by atoms with Crippen LogP contribution in [0.2, 0.25) is 0 Å². The first-order chi connectivity index (χ1) is 13.9. The molecule has 9 nitrogen and oxygen atoms in total. The molecule has 0 aliphatic rings. The summed E-state index contributed by atoms with van der Waals surface area (Å²) >= 11 is 0. The molecule has 1 aromatic carbocycles. The summed E-state index contributed by atoms with van der Waals surface area (Å²) in [5, 5.41) is 7.48. The number of carbonyl (C=O) groups is 1. The number of rotatable bonds is 4. The van der Waals surface area contributed by atoms with E-state index >= 15 is 0 Å². The molecule has 0 fully saturated rings. The van der Waals surface area contributed by atoms with Crippen molar-refractivity contribution in [3.8, 4) is 5.69 Å². The Kier molecular flexibility index (Phi) is 4.50. The van der Waals surface area contributed by atoms with E-state index in [-0.39, 0.29) is 18.1 Å². The van der Waals surface area contributed by atoms with Crippen molar-refractivity contribution >= 4 is 22.8 Å². The van der Waals surface area contributed by atoms with E-state index in [2.05, 4.69) is 20.4 Å². The number of hydrogen-bond acceptors (Lipinski definition) is 5. The lowest BCUT2D eigenvalue weighted by atomic mass is 10.2. The summed E-state index contributed by atoms with van der Waals surface area (Å²) < 4.78 is 4.46. The van der Waals surface area contributed by atoms with Gasteiger partial charge in [-0.05, 0) is 38.5 Å². The van der Waals surface area contributed by atoms with E-state index < -0.39 is 0 Å². The van der Waals surface area contributed by atoms with Crippen molar-refractivity contribution in [1.82, 2.24) is 28.9 Å². The Morgan fingerprint density at radius 3 is 2.48 bits per heavy atom. The minimum absolute atomic E-state index is 0.193. The second-order valence-electron chi connectivity index (χ2n) is 7.03. The van der Waals surface area contributed by atoms with Gasteiger partial charge in [0.2, 0.25) is 5.91 Å². The van der Waals surface area contributed by atoms with Gasteiger partial charge in [0, 0.05) is 18.4 Å². The highest BCUT2D eigenvalue weighted by Crippen LogP contribution is 2.31. The molecular weight excluding hydrogens is 370 g/mol. The van der Waals surface area contributed by atoms with Gasteiger partial charge in [0.05, 0.1) is 5.39 Å². The molecule has 0 atom stereocenters. The Labute approximate surface area is 166 Å². The molecule has 3 heterocycles. The van der Waals surface area contributed by atoms with Crippen molar-refractivity contribution in [2.75, 3.05) is 5.32 Å². The molecule has 4 rings (SSSR count). The lowest BCUT2D eigenvalue weighted by Crippen LogP contribution is -2.29. The van der Waals surface area contributed by atoms with E-state index in [1.807, 2.05) is 49.6 Å². The van der Waals surface area contributed by atoms with Crippen molar-refractivity contribution < 1.29 is 4.79 Å². The van der Waals surface area contributed by atoms with Gasteiger partial charge in [0.1, 0.15) is 25.0 Å². The predicted octanol–water partition coefficient (Wildman–Crippen LogP) is 1.88. The molecule has 3 aromatic heterocycles. The number of fused-ring (bicyclic) bond motifs is 1. The fourth-order valence-corrected chi connectivity index (χ4v) is 3.34. The van der Waals surface area contributed by atoms with Gasteiger partial charge < -0.3 is 5.32 Å². The first kappa shape index (κ1) is 18.6. The van der Waals surface area contributed by atoms with Crippen molar-refractivity contribution in [3.05, 3.63) is 64.2 Å². The zero-order chi connectivity index (χ0) is 20.7. The Morgan fingerprint density at radius 2 is 1.83 bits per heavy atom. The number of nitrogens with one attached hydrogen (secondary N) is 1. The van der Waals surface area contributed by atoms with Crippen LogP contribution in [0, 0.1) is 20.8 Å². The van der Waals surface area contributed by atoms with E-state index in [0.29, 0.717) is 11.5 Å². The molecule has 9 heteroatoms. The SMILES string of the molecule is Cc1ccc(-n2c(C)c(C)c3c(NC(=O)Cn4ncn(C)c4=O)ncnc32)cc1. The standard InChI is InChI=1S/C20H21N7O2/c1-12-5-7-15(8-6-12)27-14(3)13(2)17-18(21-10-22-19(17)27)24-16(28)9-26-20(29)25(4)11-23-26/h5-8,10-11H,9H2,1-4H3,(H,21,22,24,28). The van der Waals surface area contributed by atoms with E-state index in [1.165, 1.54) is 22.8 Å². The fourth-order valence-electron chi connectivity index (χ4n) is 3.34. The van der Waals surface area contributed by atoms with Gasteiger partial charge >= 0.3 is 5.69 Å². The molecule has 4 aromatic rings. The Hall–Kier alpha value is -3.75. The zero-order valence-corrected chi connectivity index (χ0v) is 16.7. The fraction of sp³-hybridized carbons (Fsp3) is 0.250. The smallest absolute Gasteiger partial charge is 0.308 e. The summed E-state index contributed by atoms with van der Waals surface area (Å²) in [6, 6.07) is 8.17. The molecule has 0 saturated carbocycles. The van der Waals surface area contributed by atoms with Gasteiger partial charge in [-0.15, -0.1) is 0 Å². The molecule has 0 aliphatic carbocycles. The Bertz CT molecular complexity index is 1280. The third-order valence-electron chi connectivity index (χ3n) is 5.02. The molecule has 148 valence electrons.